The lowest BCUT2D eigenvalue weighted by Gasteiger charge is -2.22. The van der Waals surface area contributed by atoms with Crippen molar-refractivity contribution in [2.24, 2.45) is 0 Å². The third-order valence-electron chi connectivity index (χ3n) is 3.21. The number of hydrogen-bond donors (Lipinski definition) is 1. The van der Waals surface area contributed by atoms with Gasteiger partial charge in [-0.05, 0) is 36.5 Å². The van der Waals surface area contributed by atoms with Gasteiger partial charge in [0.2, 0.25) is 0 Å². The molecule has 0 saturated carbocycles. The third-order valence-corrected chi connectivity index (χ3v) is 3.21. The number of rotatable bonds is 0. The van der Waals surface area contributed by atoms with Gasteiger partial charge in [0.15, 0.2) is 5.43 Å². The molecule has 0 radical (unpaired) electrons. The summed E-state index contributed by atoms with van der Waals surface area (Å²) in [7, 11) is 0. The van der Waals surface area contributed by atoms with Crippen molar-refractivity contribution >= 4 is 10.9 Å². The number of H-pyrrole nitrogens is 1. The van der Waals surface area contributed by atoms with Crippen LogP contribution in [0.2, 0.25) is 0 Å². The van der Waals surface area contributed by atoms with Crippen molar-refractivity contribution in [2.75, 3.05) is 0 Å². The summed E-state index contributed by atoms with van der Waals surface area (Å²) >= 11 is 0. The number of fused-ring (bicyclic) bond motifs is 1. The third kappa shape index (κ3) is 1.99. The van der Waals surface area contributed by atoms with Crippen LogP contribution in [0.5, 0.6) is 0 Å². The Morgan fingerprint density at radius 3 is 2.35 bits per heavy atom. The molecule has 1 aromatic heterocycles. The van der Waals surface area contributed by atoms with Crippen LogP contribution in [0.15, 0.2) is 23.0 Å². The monoisotopic (exact) mass is 229 g/mol. The molecule has 0 aliphatic heterocycles. The zero-order valence-corrected chi connectivity index (χ0v) is 11.1. The Labute approximate surface area is 102 Å². The number of aromatic amines is 1. The van der Waals surface area contributed by atoms with Crippen LogP contribution < -0.4 is 5.43 Å². The maximum atomic E-state index is 11.9. The highest BCUT2D eigenvalue weighted by atomic mass is 16.1. The van der Waals surface area contributed by atoms with Gasteiger partial charge in [0.25, 0.3) is 0 Å². The predicted octanol–water partition coefficient (Wildman–Crippen LogP) is 3.44. The highest BCUT2D eigenvalue weighted by molar-refractivity contribution is 5.83. The van der Waals surface area contributed by atoms with Gasteiger partial charge >= 0.3 is 0 Å². The molecule has 1 heterocycles. The lowest BCUT2D eigenvalue weighted by molar-refractivity contribution is 0.587. The summed E-state index contributed by atoms with van der Waals surface area (Å²) in [5, 5.41) is 0.779. The second kappa shape index (κ2) is 3.73. The molecule has 1 N–H and O–H groups in total. The van der Waals surface area contributed by atoms with Crippen molar-refractivity contribution in [3.63, 3.8) is 0 Å². The van der Waals surface area contributed by atoms with Crippen LogP contribution in [0.3, 0.4) is 0 Å². The van der Waals surface area contributed by atoms with Gasteiger partial charge in [0.05, 0.1) is 5.52 Å². The zero-order valence-electron chi connectivity index (χ0n) is 11.1. The summed E-state index contributed by atoms with van der Waals surface area (Å²) in [6.45, 7) is 10.6. The molecule has 0 fully saturated rings. The van der Waals surface area contributed by atoms with E-state index in [4.69, 9.17) is 0 Å². The molecule has 0 unspecified atom stereocenters. The molecule has 2 aromatic rings. The normalized spacial score (nSPS) is 12.1. The molecule has 17 heavy (non-hydrogen) atoms. The first kappa shape index (κ1) is 11.9. The quantitative estimate of drug-likeness (QED) is 0.737. The molecule has 0 atom stereocenters. The minimum absolute atomic E-state index is 0.0961. The molecule has 90 valence electrons. The molecule has 0 amide bonds. The van der Waals surface area contributed by atoms with Crippen molar-refractivity contribution in [3.8, 4) is 0 Å². The maximum absolute atomic E-state index is 11.9. The van der Waals surface area contributed by atoms with Crippen LogP contribution in [-0.4, -0.2) is 4.98 Å². The summed E-state index contributed by atoms with van der Waals surface area (Å²) in [5.41, 5.74) is 4.54. The highest BCUT2D eigenvalue weighted by Crippen LogP contribution is 2.28. The molecule has 0 spiro atoms. The second-order valence-electron chi connectivity index (χ2n) is 5.73. The topological polar surface area (TPSA) is 32.9 Å². The molecule has 0 aliphatic carbocycles. The lowest BCUT2D eigenvalue weighted by atomic mass is 9.83. The summed E-state index contributed by atoms with van der Waals surface area (Å²) in [6.07, 6.45) is 0. The number of benzene rings is 1. The van der Waals surface area contributed by atoms with Gasteiger partial charge in [-0.3, -0.25) is 4.79 Å². The average Bonchev–Trinajstić information content (AvgIpc) is 2.17. The molecule has 2 heteroatoms. The Morgan fingerprint density at radius 1 is 1.12 bits per heavy atom. The minimum atomic E-state index is 0.0961. The number of aryl methyl sites for hydroxylation is 2. The second-order valence-corrected chi connectivity index (χ2v) is 5.73. The SMILES string of the molecule is Cc1cc(=O)c2ccc(C(C)(C)C)c(C)c2[nH]1. The first-order valence-corrected chi connectivity index (χ1v) is 5.94. The Kier molecular flexibility index (Phi) is 2.61. The minimum Gasteiger partial charge on any atom is -0.358 e. The number of nitrogens with one attached hydrogen (secondary N) is 1. The van der Waals surface area contributed by atoms with Crippen LogP contribution in [0.1, 0.15) is 37.6 Å². The van der Waals surface area contributed by atoms with E-state index in [1.165, 1.54) is 11.1 Å². The van der Waals surface area contributed by atoms with Crippen LogP contribution in [0.4, 0.5) is 0 Å². The summed E-state index contributed by atoms with van der Waals surface area (Å²) in [5.74, 6) is 0. The van der Waals surface area contributed by atoms with E-state index in [-0.39, 0.29) is 10.8 Å². The van der Waals surface area contributed by atoms with Gasteiger partial charge in [-0.1, -0.05) is 26.8 Å². The van der Waals surface area contributed by atoms with Crippen molar-refractivity contribution in [2.45, 2.75) is 40.0 Å². The van der Waals surface area contributed by atoms with Crippen molar-refractivity contribution in [1.29, 1.82) is 0 Å². The fraction of sp³-hybridized carbons (Fsp3) is 0.400. The van der Waals surface area contributed by atoms with Gasteiger partial charge in [-0.2, -0.15) is 0 Å². The predicted molar refractivity (Wildman–Crippen MR) is 72.7 cm³/mol. The zero-order chi connectivity index (χ0) is 12.8. The Morgan fingerprint density at radius 2 is 1.76 bits per heavy atom. The number of hydrogen-bond acceptors (Lipinski definition) is 1. The Balaban J connectivity index is 2.89. The Bertz CT molecular complexity index is 630. The van der Waals surface area contributed by atoms with Gasteiger partial charge < -0.3 is 4.98 Å². The van der Waals surface area contributed by atoms with Crippen LogP contribution in [0.25, 0.3) is 10.9 Å². The summed E-state index contributed by atoms with van der Waals surface area (Å²) in [4.78, 5) is 15.2. The molecule has 0 saturated heterocycles. The van der Waals surface area contributed by atoms with Crippen LogP contribution in [-0.2, 0) is 5.41 Å². The van der Waals surface area contributed by atoms with E-state index in [1.54, 1.807) is 6.07 Å². The molecule has 1 aromatic carbocycles. The van der Waals surface area contributed by atoms with Crippen LogP contribution >= 0.6 is 0 Å². The van der Waals surface area contributed by atoms with E-state index >= 15 is 0 Å². The van der Waals surface area contributed by atoms with Crippen molar-refractivity contribution in [3.05, 3.63) is 45.2 Å². The van der Waals surface area contributed by atoms with Gasteiger partial charge in [0.1, 0.15) is 0 Å². The average molecular weight is 229 g/mol. The van der Waals surface area contributed by atoms with Gasteiger partial charge in [0, 0.05) is 17.1 Å². The standard InChI is InChI=1S/C15H19NO/c1-9-8-13(17)11-6-7-12(15(3,4)5)10(2)14(11)16-9/h6-8H,1-5H3,(H,16,17). The van der Waals surface area contributed by atoms with E-state index < -0.39 is 0 Å². The van der Waals surface area contributed by atoms with Crippen molar-refractivity contribution in [1.82, 2.24) is 4.98 Å². The van der Waals surface area contributed by atoms with Crippen molar-refractivity contribution < 1.29 is 0 Å². The highest BCUT2D eigenvalue weighted by Gasteiger charge is 2.18. The van der Waals surface area contributed by atoms with E-state index in [2.05, 4.69) is 38.7 Å². The molecule has 0 aliphatic rings. The first-order chi connectivity index (χ1) is 7.80. The van der Waals surface area contributed by atoms with E-state index in [0.717, 1.165) is 16.6 Å². The maximum Gasteiger partial charge on any atom is 0.189 e. The largest absolute Gasteiger partial charge is 0.358 e. The summed E-state index contributed by atoms with van der Waals surface area (Å²) in [6, 6.07) is 5.65. The fourth-order valence-electron chi connectivity index (χ4n) is 2.40. The van der Waals surface area contributed by atoms with Crippen LogP contribution in [0, 0.1) is 13.8 Å². The molecule has 0 bridgehead atoms. The first-order valence-electron chi connectivity index (χ1n) is 5.94. The van der Waals surface area contributed by atoms with Gasteiger partial charge in [-0.15, -0.1) is 0 Å². The smallest absolute Gasteiger partial charge is 0.189 e. The number of pyridine rings is 1. The summed E-state index contributed by atoms with van der Waals surface area (Å²) < 4.78 is 0. The molecular formula is C15H19NO. The van der Waals surface area contributed by atoms with E-state index in [9.17, 15) is 4.79 Å². The Hall–Kier alpha value is -1.57. The fourth-order valence-corrected chi connectivity index (χ4v) is 2.40. The van der Waals surface area contributed by atoms with Gasteiger partial charge in [-0.25, -0.2) is 0 Å². The van der Waals surface area contributed by atoms with E-state index in [1.807, 2.05) is 13.0 Å². The number of aromatic nitrogens is 1. The van der Waals surface area contributed by atoms with E-state index in [0.29, 0.717) is 0 Å². The molecule has 2 nitrogen and oxygen atoms in total. The molecule has 2 rings (SSSR count). The molecular weight excluding hydrogens is 210 g/mol. The lowest BCUT2D eigenvalue weighted by Crippen LogP contribution is -2.14.